The Hall–Kier alpha value is -2.72. The number of hydrogen-bond donors (Lipinski definition) is 1. The molecule has 1 heterocycles. The summed E-state index contributed by atoms with van der Waals surface area (Å²) in [6.45, 7) is 6.85. The summed E-state index contributed by atoms with van der Waals surface area (Å²) < 4.78 is 87.6. The summed E-state index contributed by atoms with van der Waals surface area (Å²) in [4.78, 5) is 12.6. The van der Waals surface area contributed by atoms with Crippen molar-refractivity contribution in [1.82, 2.24) is 0 Å². The summed E-state index contributed by atoms with van der Waals surface area (Å²) in [5, 5.41) is 12.8. The quantitative estimate of drug-likeness (QED) is 0.142. The number of halogens is 3. The monoisotopic (exact) mass is 684 g/mol. The summed E-state index contributed by atoms with van der Waals surface area (Å²) in [5.41, 5.74) is -7.24. The number of rotatable bonds is 10. The van der Waals surface area contributed by atoms with Crippen molar-refractivity contribution in [3.05, 3.63) is 91.0 Å². The molecule has 1 saturated heterocycles. The van der Waals surface area contributed by atoms with Crippen LogP contribution in [0, 0.1) is 0 Å². The molecule has 0 bridgehead atoms. The molecular weight excluding hydrogens is 650 g/mol. The molecule has 0 aromatic heterocycles. The molecule has 0 radical (unpaired) electrons. The van der Waals surface area contributed by atoms with E-state index in [0.29, 0.717) is 4.90 Å². The van der Waals surface area contributed by atoms with Crippen LogP contribution in [-0.2, 0) is 33.0 Å². The van der Waals surface area contributed by atoms with Crippen LogP contribution in [0.15, 0.2) is 95.9 Å². The first-order valence-electron chi connectivity index (χ1n) is 14.0. The fourth-order valence-corrected chi connectivity index (χ4v) is 11.7. The Bertz CT molecular complexity index is 1480. The maximum Gasteiger partial charge on any atom is 0.523 e. The molecule has 1 N–H and O–H groups in total. The molecule has 0 amide bonds. The Labute approximate surface area is 266 Å². The van der Waals surface area contributed by atoms with Crippen LogP contribution in [-0.4, -0.2) is 69.8 Å². The summed E-state index contributed by atoms with van der Waals surface area (Å²) in [7, 11) is -9.35. The molecule has 5 atom stereocenters. The van der Waals surface area contributed by atoms with E-state index < -0.39 is 64.8 Å². The maximum atomic E-state index is 13.4. The second-order valence-corrected chi connectivity index (χ2v) is 18.5. The van der Waals surface area contributed by atoms with Crippen molar-refractivity contribution in [3.63, 3.8) is 0 Å². The Balaban J connectivity index is 1.77. The van der Waals surface area contributed by atoms with Crippen LogP contribution in [0.3, 0.4) is 0 Å². The van der Waals surface area contributed by atoms with Gasteiger partial charge >= 0.3 is 21.6 Å². The van der Waals surface area contributed by atoms with Gasteiger partial charge in [0.2, 0.25) is 0 Å². The van der Waals surface area contributed by atoms with E-state index in [1.165, 1.54) is 0 Å². The lowest BCUT2D eigenvalue weighted by atomic mass is 10.00. The van der Waals surface area contributed by atoms with E-state index in [9.17, 15) is 31.5 Å². The lowest BCUT2D eigenvalue weighted by molar-refractivity contribution is -0.214. The SMILES string of the molecule is CC(=O)O[C@H]1[C@H](O)[C@@H](CO[Si](c2ccccc2)(c2ccccc2)C(C)(C)C)O[C@@H](Sc2ccccc2)[C@H]1OS(=O)(=O)C(F)(F)F. The number of alkyl halides is 3. The van der Waals surface area contributed by atoms with Crippen molar-refractivity contribution < 1.29 is 49.6 Å². The second-order valence-electron chi connectivity index (χ2n) is 11.5. The van der Waals surface area contributed by atoms with Crippen LogP contribution < -0.4 is 10.4 Å². The molecule has 14 heteroatoms. The van der Waals surface area contributed by atoms with Gasteiger partial charge in [-0.25, -0.2) is 0 Å². The minimum Gasteiger partial charge on any atom is -0.457 e. The van der Waals surface area contributed by atoms with Gasteiger partial charge in [-0.1, -0.05) is 111 Å². The number of esters is 1. The highest BCUT2D eigenvalue weighted by molar-refractivity contribution is 7.99. The molecule has 1 fully saturated rings. The zero-order valence-electron chi connectivity index (χ0n) is 25.0. The van der Waals surface area contributed by atoms with Gasteiger partial charge in [0.1, 0.15) is 17.6 Å². The van der Waals surface area contributed by atoms with E-state index >= 15 is 0 Å². The number of ether oxygens (including phenoxy) is 2. The Morgan fingerprint density at radius 3 is 1.82 bits per heavy atom. The van der Waals surface area contributed by atoms with Gasteiger partial charge in [-0.3, -0.25) is 8.98 Å². The third kappa shape index (κ3) is 7.81. The highest BCUT2D eigenvalue weighted by atomic mass is 32.2. The molecule has 45 heavy (non-hydrogen) atoms. The summed E-state index contributed by atoms with van der Waals surface area (Å²) in [6.07, 6.45) is -6.97. The molecule has 8 nitrogen and oxygen atoms in total. The predicted octanol–water partition coefficient (Wildman–Crippen LogP) is 4.61. The number of benzene rings is 3. The van der Waals surface area contributed by atoms with Gasteiger partial charge in [0.15, 0.2) is 12.2 Å². The molecule has 1 aliphatic heterocycles. The van der Waals surface area contributed by atoms with Crippen LogP contribution in [0.4, 0.5) is 13.2 Å². The normalized spacial score (nSPS) is 23.0. The molecule has 4 rings (SSSR count). The number of thioether (sulfide) groups is 1. The van der Waals surface area contributed by atoms with E-state index in [1.807, 2.05) is 81.4 Å². The van der Waals surface area contributed by atoms with Gasteiger partial charge in [-0.2, -0.15) is 21.6 Å². The summed E-state index contributed by atoms with van der Waals surface area (Å²) >= 11 is 0.867. The zero-order valence-corrected chi connectivity index (χ0v) is 27.6. The van der Waals surface area contributed by atoms with Crippen LogP contribution in [0.25, 0.3) is 0 Å². The largest absolute Gasteiger partial charge is 0.523 e. The minimum atomic E-state index is -6.18. The molecule has 3 aromatic carbocycles. The molecule has 0 aliphatic carbocycles. The van der Waals surface area contributed by atoms with Crippen molar-refractivity contribution in [2.75, 3.05) is 6.61 Å². The fraction of sp³-hybridized carbons (Fsp3) is 0.387. The molecule has 1 aliphatic rings. The molecular formula is C31H35F3O8S2Si. The number of carbonyl (C=O) groups excluding carboxylic acids is 1. The number of aliphatic hydroxyl groups excluding tert-OH is 1. The summed E-state index contributed by atoms with van der Waals surface area (Å²) in [5.74, 6) is -0.964. The molecule has 0 saturated carbocycles. The lowest BCUT2D eigenvalue weighted by Crippen LogP contribution is -2.68. The first kappa shape index (κ1) is 35.1. The van der Waals surface area contributed by atoms with E-state index in [4.69, 9.17) is 13.9 Å². The molecule has 0 spiro atoms. The first-order chi connectivity index (χ1) is 21.1. The average molecular weight is 685 g/mol. The number of hydrogen-bond acceptors (Lipinski definition) is 9. The Morgan fingerprint density at radius 1 is 0.889 bits per heavy atom. The van der Waals surface area contributed by atoms with Gasteiger partial charge < -0.3 is 19.0 Å². The fourth-order valence-electron chi connectivity index (χ4n) is 5.35. The average Bonchev–Trinajstić information content (AvgIpc) is 2.97. The van der Waals surface area contributed by atoms with Crippen molar-refractivity contribution in [3.8, 4) is 0 Å². The van der Waals surface area contributed by atoms with Gasteiger partial charge in [-0.05, 0) is 27.5 Å². The molecule has 3 aromatic rings. The van der Waals surface area contributed by atoms with Crippen LogP contribution in [0.1, 0.15) is 27.7 Å². The highest BCUT2D eigenvalue weighted by Crippen LogP contribution is 2.41. The van der Waals surface area contributed by atoms with E-state index in [0.717, 1.165) is 29.1 Å². The van der Waals surface area contributed by atoms with Gasteiger partial charge in [0, 0.05) is 11.8 Å². The van der Waals surface area contributed by atoms with Crippen molar-refractivity contribution >= 4 is 46.5 Å². The van der Waals surface area contributed by atoms with Crippen molar-refractivity contribution in [2.45, 2.75) is 73.0 Å². The predicted molar refractivity (Wildman–Crippen MR) is 166 cm³/mol. The van der Waals surface area contributed by atoms with Crippen molar-refractivity contribution in [2.24, 2.45) is 0 Å². The summed E-state index contributed by atoms with van der Waals surface area (Å²) in [6, 6.07) is 27.6. The van der Waals surface area contributed by atoms with E-state index in [2.05, 4.69) is 4.18 Å². The third-order valence-corrected chi connectivity index (χ3v) is 14.5. The van der Waals surface area contributed by atoms with Crippen LogP contribution in [0.2, 0.25) is 5.04 Å². The lowest BCUT2D eigenvalue weighted by Gasteiger charge is -2.46. The third-order valence-electron chi connectivity index (χ3n) is 7.32. The molecule has 0 unspecified atom stereocenters. The highest BCUT2D eigenvalue weighted by Gasteiger charge is 2.57. The zero-order chi connectivity index (χ0) is 33.0. The standard InChI is InChI=1S/C31H35F3O8S2Si/c1-21(35)40-27-26(36)25(41-29(43-22-14-8-5-9-15-22)28(27)42-44(37,38)31(32,33)34)20-39-45(30(2,3)4,23-16-10-6-11-17-23)24-18-12-7-13-19-24/h5-19,25-29,36H,20H2,1-4H3/t25-,26-,27+,28+,29+/m1/s1. The Morgan fingerprint density at radius 2 is 1.38 bits per heavy atom. The smallest absolute Gasteiger partial charge is 0.457 e. The second kappa shape index (κ2) is 14.0. The van der Waals surface area contributed by atoms with Gasteiger partial charge in [0.25, 0.3) is 8.32 Å². The maximum absolute atomic E-state index is 13.4. The molecule has 244 valence electrons. The van der Waals surface area contributed by atoms with E-state index in [1.54, 1.807) is 30.3 Å². The van der Waals surface area contributed by atoms with Crippen LogP contribution in [0.5, 0.6) is 0 Å². The first-order valence-corrected chi connectivity index (χ1v) is 18.2. The van der Waals surface area contributed by atoms with Crippen LogP contribution >= 0.6 is 11.8 Å². The topological polar surface area (TPSA) is 108 Å². The Kier molecular flexibility index (Phi) is 10.9. The minimum absolute atomic E-state index is 0.267. The van der Waals surface area contributed by atoms with Crippen molar-refractivity contribution in [1.29, 1.82) is 0 Å². The van der Waals surface area contributed by atoms with Gasteiger partial charge in [-0.15, -0.1) is 0 Å². The number of aliphatic hydroxyl groups is 1. The van der Waals surface area contributed by atoms with Gasteiger partial charge in [0.05, 0.1) is 6.61 Å². The van der Waals surface area contributed by atoms with E-state index in [-0.39, 0.29) is 6.61 Å². The number of carbonyl (C=O) groups is 1.